The highest BCUT2D eigenvalue weighted by atomic mass is 16.5. The van der Waals surface area contributed by atoms with Crippen molar-refractivity contribution in [3.05, 3.63) is 65.7 Å². The van der Waals surface area contributed by atoms with E-state index in [2.05, 4.69) is 16.0 Å². The first-order chi connectivity index (χ1) is 17.3. The first-order valence-corrected chi connectivity index (χ1v) is 11.8. The van der Waals surface area contributed by atoms with Crippen LogP contribution in [0.2, 0.25) is 0 Å². The van der Waals surface area contributed by atoms with Crippen LogP contribution in [-0.2, 0) is 19.1 Å². The fourth-order valence-corrected chi connectivity index (χ4v) is 4.53. The molecule has 188 valence electrons. The van der Waals surface area contributed by atoms with Gasteiger partial charge in [-0.1, -0.05) is 55.3 Å². The van der Waals surface area contributed by atoms with Gasteiger partial charge in [-0.2, -0.15) is 0 Å². The van der Waals surface area contributed by atoms with Gasteiger partial charge in [0.05, 0.1) is 17.3 Å². The predicted molar refractivity (Wildman–Crippen MR) is 130 cm³/mol. The maximum atomic E-state index is 12.8. The van der Waals surface area contributed by atoms with Gasteiger partial charge >= 0.3 is 12.0 Å². The molecule has 0 bridgehead atoms. The molecule has 2 aliphatic rings. The first-order valence-electron chi connectivity index (χ1n) is 11.8. The zero-order valence-corrected chi connectivity index (χ0v) is 19.9. The van der Waals surface area contributed by atoms with E-state index in [-0.39, 0.29) is 23.2 Å². The number of hydrogen-bond donors (Lipinski definition) is 3. The summed E-state index contributed by atoms with van der Waals surface area (Å²) < 4.78 is 4.98. The van der Waals surface area contributed by atoms with Gasteiger partial charge in [-0.15, -0.1) is 0 Å². The Kier molecular flexibility index (Phi) is 7.33. The van der Waals surface area contributed by atoms with Gasteiger partial charge < -0.3 is 20.7 Å². The molecule has 3 N–H and O–H groups in total. The van der Waals surface area contributed by atoms with Crippen molar-refractivity contribution in [2.75, 3.05) is 18.5 Å². The summed E-state index contributed by atoms with van der Waals surface area (Å²) in [6, 6.07) is 15.0. The molecule has 36 heavy (non-hydrogen) atoms. The molecule has 10 heteroatoms. The second-order valence-corrected chi connectivity index (χ2v) is 8.97. The number of para-hydroxylation sites is 1. The average Bonchev–Trinajstić information content (AvgIpc) is 3.43. The molecular weight excluding hydrogens is 464 g/mol. The van der Waals surface area contributed by atoms with E-state index >= 15 is 0 Å². The molecule has 1 spiro atoms. The molecule has 4 rings (SSSR count). The van der Waals surface area contributed by atoms with E-state index in [4.69, 9.17) is 4.74 Å². The van der Waals surface area contributed by atoms with E-state index in [1.165, 1.54) is 0 Å². The summed E-state index contributed by atoms with van der Waals surface area (Å²) in [5, 5.41) is 8.15. The zero-order chi connectivity index (χ0) is 25.7. The van der Waals surface area contributed by atoms with Crippen molar-refractivity contribution in [2.24, 2.45) is 0 Å². The van der Waals surface area contributed by atoms with Crippen molar-refractivity contribution in [1.29, 1.82) is 0 Å². The lowest BCUT2D eigenvalue weighted by Crippen LogP contribution is -2.44. The molecular formula is C26H28N4O6. The Morgan fingerprint density at radius 2 is 1.69 bits per heavy atom. The minimum atomic E-state index is -0.920. The summed E-state index contributed by atoms with van der Waals surface area (Å²) in [6.45, 7) is 0.647. The normalized spacial score (nSPS) is 17.0. The monoisotopic (exact) mass is 492 g/mol. The summed E-state index contributed by atoms with van der Waals surface area (Å²) in [5.74, 6) is -2.36. The Morgan fingerprint density at radius 1 is 1.03 bits per heavy atom. The lowest BCUT2D eigenvalue weighted by molar-refractivity contribution is -0.150. The Morgan fingerprint density at radius 3 is 2.42 bits per heavy atom. The van der Waals surface area contributed by atoms with Crippen LogP contribution < -0.4 is 16.0 Å². The number of rotatable bonds is 8. The summed E-state index contributed by atoms with van der Waals surface area (Å²) in [5.41, 5.74) is 0.523. The lowest BCUT2D eigenvalue weighted by Gasteiger charge is -2.19. The van der Waals surface area contributed by atoms with Crippen LogP contribution in [0.5, 0.6) is 0 Å². The number of urea groups is 1. The van der Waals surface area contributed by atoms with Crippen molar-refractivity contribution in [1.82, 2.24) is 15.5 Å². The van der Waals surface area contributed by atoms with Crippen LogP contribution in [0, 0.1) is 0 Å². The summed E-state index contributed by atoms with van der Waals surface area (Å²) in [6.07, 6.45) is 2.75. The van der Waals surface area contributed by atoms with E-state index in [9.17, 15) is 24.0 Å². The Hall–Kier alpha value is -4.21. The van der Waals surface area contributed by atoms with Crippen molar-refractivity contribution in [3.8, 4) is 0 Å². The second kappa shape index (κ2) is 10.6. The minimum absolute atomic E-state index is 0.251. The number of nitrogens with one attached hydrogen (secondary N) is 3. The Bertz CT molecular complexity index is 1180. The summed E-state index contributed by atoms with van der Waals surface area (Å²) >= 11 is 0. The maximum absolute atomic E-state index is 12.8. The molecule has 0 aromatic heterocycles. The molecule has 2 aromatic rings. The van der Waals surface area contributed by atoms with Crippen molar-refractivity contribution < 1.29 is 28.7 Å². The molecule has 1 unspecified atom stereocenters. The van der Waals surface area contributed by atoms with Crippen LogP contribution in [0.4, 0.5) is 10.5 Å². The van der Waals surface area contributed by atoms with E-state index < -0.39 is 42.5 Å². The van der Waals surface area contributed by atoms with Crippen LogP contribution in [0.3, 0.4) is 0 Å². The number of amides is 5. The van der Waals surface area contributed by atoms with Gasteiger partial charge in [0.25, 0.3) is 17.7 Å². The lowest BCUT2D eigenvalue weighted by atomic mass is 9.98. The number of imide groups is 1. The smallest absolute Gasteiger partial charge is 0.326 e. The molecule has 2 aromatic carbocycles. The van der Waals surface area contributed by atoms with Crippen molar-refractivity contribution >= 4 is 35.4 Å². The van der Waals surface area contributed by atoms with E-state index in [0.29, 0.717) is 12.8 Å². The predicted octanol–water partition coefficient (Wildman–Crippen LogP) is 2.52. The van der Waals surface area contributed by atoms with Gasteiger partial charge in [-0.3, -0.25) is 24.1 Å². The topological polar surface area (TPSA) is 134 Å². The number of nitrogens with zero attached hydrogens (tertiary/aromatic N) is 1. The van der Waals surface area contributed by atoms with Gasteiger partial charge in [-0.05, 0) is 37.5 Å². The molecule has 1 aliphatic heterocycles. The fraction of sp³-hybridized carbons (Fsp3) is 0.346. The standard InChI is InChI=1S/C26H28N4O6/c1-17(18-9-3-2-4-10-18)27-23(33)19-11-5-6-12-20(19)28-21(31)16-36-22(32)15-30-24(34)26(29-25(30)35)13-7-8-14-26/h2-6,9-12,17H,7-8,13-16H2,1H3,(H,27,33)(H,28,31)(H,29,35). The second-order valence-electron chi connectivity index (χ2n) is 8.97. The minimum Gasteiger partial charge on any atom is -0.454 e. The zero-order valence-electron chi connectivity index (χ0n) is 19.9. The highest BCUT2D eigenvalue weighted by Gasteiger charge is 2.52. The largest absolute Gasteiger partial charge is 0.454 e. The van der Waals surface area contributed by atoms with E-state index in [0.717, 1.165) is 23.3 Å². The molecule has 1 atom stereocenters. The van der Waals surface area contributed by atoms with Gasteiger partial charge in [-0.25, -0.2) is 4.79 Å². The Labute approximate surface area is 208 Å². The molecule has 10 nitrogen and oxygen atoms in total. The molecule has 1 saturated heterocycles. The number of benzene rings is 2. The van der Waals surface area contributed by atoms with Crippen LogP contribution in [0.25, 0.3) is 0 Å². The summed E-state index contributed by atoms with van der Waals surface area (Å²) in [4.78, 5) is 63.2. The molecule has 1 saturated carbocycles. The number of anilines is 1. The van der Waals surface area contributed by atoms with Crippen LogP contribution >= 0.6 is 0 Å². The molecule has 1 aliphatic carbocycles. The highest BCUT2D eigenvalue weighted by molar-refractivity contribution is 6.09. The number of esters is 1. The van der Waals surface area contributed by atoms with Gasteiger partial charge in [0, 0.05) is 0 Å². The summed E-state index contributed by atoms with van der Waals surface area (Å²) in [7, 11) is 0. The van der Waals surface area contributed by atoms with Gasteiger partial charge in [0.15, 0.2) is 6.61 Å². The SMILES string of the molecule is CC(NC(=O)c1ccccc1NC(=O)COC(=O)CN1C(=O)NC2(CCCC2)C1=O)c1ccccc1. The fourth-order valence-electron chi connectivity index (χ4n) is 4.53. The van der Waals surface area contributed by atoms with E-state index in [1.54, 1.807) is 24.3 Å². The van der Waals surface area contributed by atoms with Crippen molar-refractivity contribution in [2.45, 2.75) is 44.2 Å². The quantitative estimate of drug-likeness (QED) is 0.383. The third-order valence-electron chi connectivity index (χ3n) is 6.45. The third-order valence-corrected chi connectivity index (χ3v) is 6.45. The first kappa shape index (κ1) is 24.9. The number of hydrogen-bond acceptors (Lipinski definition) is 6. The number of ether oxygens (including phenoxy) is 1. The average molecular weight is 493 g/mol. The number of carbonyl (C=O) groups is 5. The molecule has 2 fully saturated rings. The van der Waals surface area contributed by atoms with Gasteiger partial charge in [0.1, 0.15) is 12.1 Å². The maximum Gasteiger partial charge on any atom is 0.326 e. The molecule has 1 heterocycles. The number of carbonyl (C=O) groups excluding carboxylic acids is 5. The van der Waals surface area contributed by atoms with Crippen LogP contribution in [0.1, 0.15) is 54.6 Å². The van der Waals surface area contributed by atoms with Crippen molar-refractivity contribution in [3.63, 3.8) is 0 Å². The molecule has 0 radical (unpaired) electrons. The van der Waals surface area contributed by atoms with Crippen LogP contribution in [0.15, 0.2) is 54.6 Å². The molecule has 5 amide bonds. The van der Waals surface area contributed by atoms with Crippen LogP contribution in [-0.4, -0.2) is 53.3 Å². The van der Waals surface area contributed by atoms with Gasteiger partial charge in [0.2, 0.25) is 0 Å². The highest BCUT2D eigenvalue weighted by Crippen LogP contribution is 2.34. The van der Waals surface area contributed by atoms with E-state index in [1.807, 2.05) is 37.3 Å². The third kappa shape index (κ3) is 5.37. The Balaban J connectivity index is 1.30.